The summed E-state index contributed by atoms with van der Waals surface area (Å²) in [6, 6.07) is 12.7. The molecule has 1 aliphatic rings. The van der Waals surface area contributed by atoms with Gasteiger partial charge in [0.2, 0.25) is 0 Å². The van der Waals surface area contributed by atoms with Gasteiger partial charge in [0.1, 0.15) is 11.6 Å². The fourth-order valence-electron chi connectivity index (χ4n) is 4.23. The maximum Gasteiger partial charge on any atom is 0.283 e. The summed E-state index contributed by atoms with van der Waals surface area (Å²) in [7, 11) is 1.65. The number of nitro groups is 1. The van der Waals surface area contributed by atoms with Gasteiger partial charge in [-0.2, -0.15) is 0 Å². The number of carbonyl (C=O) groups excluding carboxylic acids is 1. The average molecular weight is 467 g/mol. The van der Waals surface area contributed by atoms with Crippen molar-refractivity contribution in [2.45, 2.75) is 30.2 Å². The molecule has 1 aliphatic heterocycles. The maximum atomic E-state index is 13.0. The molecule has 9 heteroatoms. The summed E-state index contributed by atoms with van der Waals surface area (Å²) in [6.07, 6.45) is 7.20. The van der Waals surface area contributed by atoms with E-state index >= 15 is 0 Å². The number of thioether (sulfide) groups is 1. The minimum atomic E-state index is -0.433. The Morgan fingerprint density at radius 2 is 1.94 bits per heavy atom. The molecule has 1 aromatic heterocycles. The van der Waals surface area contributed by atoms with Gasteiger partial charge in [0.15, 0.2) is 0 Å². The minimum Gasteiger partial charge on any atom is -0.497 e. The van der Waals surface area contributed by atoms with Gasteiger partial charge < -0.3 is 14.2 Å². The first-order chi connectivity index (χ1) is 16.0. The summed E-state index contributed by atoms with van der Waals surface area (Å²) < 4.78 is 7.39. The third-order valence-electron chi connectivity index (χ3n) is 6.03. The zero-order valence-electron chi connectivity index (χ0n) is 18.6. The number of likely N-dealkylation sites (tertiary alicyclic amines) is 1. The Labute approximate surface area is 196 Å². The summed E-state index contributed by atoms with van der Waals surface area (Å²) in [5.74, 6) is 1.95. The number of hydrogen-bond donors (Lipinski definition) is 0. The van der Waals surface area contributed by atoms with Crippen LogP contribution in [0.2, 0.25) is 0 Å². The van der Waals surface area contributed by atoms with Crippen molar-refractivity contribution in [3.63, 3.8) is 0 Å². The van der Waals surface area contributed by atoms with Gasteiger partial charge in [-0.15, -0.1) is 11.8 Å². The van der Waals surface area contributed by atoms with Gasteiger partial charge in [-0.3, -0.25) is 14.9 Å². The summed E-state index contributed by atoms with van der Waals surface area (Å²) in [5.41, 5.74) is 1.50. The highest BCUT2D eigenvalue weighted by molar-refractivity contribution is 7.98. The number of benzene rings is 2. The van der Waals surface area contributed by atoms with E-state index in [0.717, 1.165) is 36.5 Å². The second-order valence-electron chi connectivity index (χ2n) is 7.97. The SMILES string of the molecule is COc1ccc(Cn2ccnc2C2CCN(C(=O)c3ccc(SC)c([N+](=O)[O-])c3)CC2)cc1. The molecule has 0 radical (unpaired) electrons. The van der Waals surface area contributed by atoms with Gasteiger partial charge in [0.25, 0.3) is 11.6 Å². The second-order valence-corrected chi connectivity index (χ2v) is 8.82. The van der Waals surface area contributed by atoms with Gasteiger partial charge in [-0.1, -0.05) is 12.1 Å². The van der Waals surface area contributed by atoms with E-state index in [-0.39, 0.29) is 17.5 Å². The van der Waals surface area contributed by atoms with Crippen LogP contribution in [0.4, 0.5) is 5.69 Å². The van der Waals surface area contributed by atoms with E-state index < -0.39 is 4.92 Å². The first kappa shape index (κ1) is 22.8. The highest BCUT2D eigenvalue weighted by Gasteiger charge is 2.28. The Kier molecular flexibility index (Phi) is 6.98. The van der Waals surface area contributed by atoms with Crippen molar-refractivity contribution in [2.75, 3.05) is 26.5 Å². The minimum absolute atomic E-state index is 0.0243. The van der Waals surface area contributed by atoms with E-state index in [9.17, 15) is 14.9 Å². The quantitative estimate of drug-likeness (QED) is 0.287. The van der Waals surface area contributed by atoms with Gasteiger partial charge in [0, 0.05) is 49.6 Å². The van der Waals surface area contributed by atoms with E-state index in [1.54, 1.807) is 30.4 Å². The highest BCUT2D eigenvalue weighted by Crippen LogP contribution is 2.31. The van der Waals surface area contributed by atoms with Crippen LogP contribution < -0.4 is 4.74 Å². The monoisotopic (exact) mass is 466 g/mol. The molecule has 33 heavy (non-hydrogen) atoms. The molecule has 8 nitrogen and oxygen atoms in total. The van der Waals surface area contributed by atoms with Crippen LogP contribution in [0.3, 0.4) is 0 Å². The lowest BCUT2D eigenvalue weighted by atomic mass is 9.95. The van der Waals surface area contributed by atoms with Crippen LogP contribution >= 0.6 is 11.8 Å². The van der Waals surface area contributed by atoms with Crippen LogP contribution in [-0.4, -0.2) is 51.7 Å². The van der Waals surface area contributed by atoms with E-state index in [4.69, 9.17) is 4.74 Å². The Bertz CT molecular complexity index is 1140. The van der Waals surface area contributed by atoms with Gasteiger partial charge in [-0.25, -0.2) is 4.98 Å². The number of nitrogens with zero attached hydrogens (tertiary/aromatic N) is 4. The fourth-order valence-corrected chi connectivity index (χ4v) is 4.78. The smallest absolute Gasteiger partial charge is 0.283 e. The van der Waals surface area contributed by atoms with Crippen molar-refractivity contribution in [3.05, 3.63) is 81.9 Å². The predicted octanol–water partition coefficient (Wildman–Crippen LogP) is 4.59. The molecule has 2 heterocycles. The molecule has 0 saturated carbocycles. The first-order valence-electron chi connectivity index (χ1n) is 10.8. The molecule has 0 atom stereocenters. The van der Waals surface area contributed by atoms with Crippen molar-refractivity contribution < 1.29 is 14.5 Å². The number of methoxy groups -OCH3 is 1. The van der Waals surface area contributed by atoms with Crippen molar-refractivity contribution >= 4 is 23.4 Å². The van der Waals surface area contributed by atoms with Crippen LogP contribution in [0, 0.1) is 10.1 Å². The van der Waals surface area contributed by atoms with E-state index in [1.165, 1.54) is 17.8 Å². The number of piperidine rings is 1. The standard InChI is InChI=1S/C24H26N4O4S/c1-32-20-6-3-17(4-7-20)16-27-14-11-25-23(27)18-9-12-26(13-10-18)24(29)19-5-8-22(33-2)21(15-19)28(30)31/h3-8,11,14-15,18H,9-10,12-13,16H2,1-2H3. The summed E-state index contributed by atoms with van der Waals surface area (Å²) in [5, 5.41) is 11.4. The molecule has 172 valence electrons. The van der Waals surface area contributed by atoms with Gasteiger partial charge in [-0.05, 0) is 48.9 Å². The predicted molar refractivity (Wildman–Crippen MR) is 127 cm³/mol. The molecule has 0 N–H and O–H groups in total. The lowest BCUT2D eigenvalue weighted by Crippen LogP contribution is -2.38. The summed E-state index contributed by atoms with van der Waals surface area (Å²) in [4.78, 5) is 30.9. The van der Waals surface area contributed by atoms with Crippen LogP contribution in [0.1, 0.15) is 40.5 Å². The third-order valence-corrected chi connectivity index (χ3v) is 6.81. The van der Waals surface area contributed by atoms with Crippen LogP contribution in [0.15, 0.2) is 59.8 Å². The number of carbonyl (C=O) groups is 1. The van der Waals surface area contributed by atoms with Crippen molar-refractivity contribution in [3.8, 4) is 5.75 Å². The number of hydrogen-bond acceptors (Lipinski definition) is 6. The molecule has 0 unspecified atom stereocenters. The number of rotatable bonds is 7. The average Bonchev–Trinajstić information content (AvgIpc) is 3.31. The Hall–Kier alpha value is -3.33. The highest BCUT2D eigenvalue weighted by atomic mass is 32.2. The number of ether oxygens (including phenoxy) is 1. The molecule has 1 fully saturated rings. The molecule has 0 bridgehead atoms. The Morgan fingerprint density at radius 3 is 2.58 bits per heavy atom. The number of nitro benzene ring substituents is 1. The van der Waals surface area contributed by atoms with Crippen LogP contribution in [0.5, 0.6) is 5.75 Å². The zero-order valence-corrected chi connectivity index (χ0v) is 19.5. The largest absolute Gasteiger partial charge is 0.497 e. The van der Waals surface area contributed by atoms with E-state index in [0.29, 0.717) is 23.5 Å². The van der Waals surface area contributed by atoms with Crippen molar-refractivity contribution in [1.29, 1.82) is 0 Å². The molecule has 4 rings (SSSR count). The summed E-state index contributed by atoms with van der Waals surface area (Å²) >= 11 is 1.30. The molecular weight excluding hydrogens is 440 g/mol. The number of amides is 1. The Morgan fingerprint density at radius 1 is 1.21 bits per heavy atom. The van der Waals surface area contributed by atoms with Crippen molar-refractivity contribution in [2.24, 2.45) is 0 Å². The number of imidazole rings is 1. The first-order valence-corrected chi connectivity index (χ1v) is 12.0. The second kappa shape index (κ2) is 10.1. The van der Waals surface area contributed by atoms with E-state index in [2.05, 4.69) is 9.55 Å². The molecule has 1 saturated heterocycles. The van der Waals surface area contributed by atoms with Gasteiger partial charge >= 0.3 is 0 Å². The molecule has 2 aromatic carbocycles. The molecule has 3 aromatic rings. The normalized spacial score (nSPS) is 14.3. The Balaban J connectivity index is 1.41. The molecule has 1 amide bonds. The lowest BCUT2D eigenvalue weighted by molar-refractivity contribution is -0.387. The maximum absolute atomic E-state index is 13.0. The van der Waals surface area contributed by atoms with Crippen molar-refractivity contribution in [1.82, 2.24) is 14.5 Å². The van der Waals surface area contributed by atoms with E-state index in [1.807, 2.05) is 36.7 Å². The fraction of sp³-hybridized carbons (Fsp3) is 0.333. The van der Waals surface area contributed by atoms with Gasteiger partial charge in [0.05, 0.1) is 16.9 Å². The third kappa shape index (κ3) is 5.03. The lowest BCUT2D eigenvalue weighted by Gasteiger charge is -2.32. The summed E-state index contributed by atoms with van der Waals surface area (Å²) in [6.45, 7) is 1.91. The molecular formula is C24H26N4O4S. The molecule has 0 aliphatic carbocycles. The van der Waals surface area contributed by atoms with Crippen LogP contribution in [-0.2, 0) is 6.54 Å². The van der Waals surface area contributed by atoms with Crippen LogP contribution in [0.25, 0.3) is 0 Å². The number of aromatic nitrogens is 2. The zero-order chi connectivity index (χ0) is 23.4. The molecule has 0 spiro atoms. The topological polar surface area (TPSA) is 90.5 Å².